The van der Waals surface area contributed by atoms with Crippen LogP contribution in [0.1, 0.15) is 25.3 Å². The molecule has 3 heterocycles. The van der Waals surface area contributed by atoms with Crippen molar-refractivity contribution < 1.29 is 14.6 Å². The highest BCUT2D eigenvalue weighted by molar-refractivity contribution is 6.07. The summed E-state index contributed by atoms with van der Waals surface area (Å²) in [5, 5.41) is 11.4. The van der Waals surface area contributed by atoms with Crippen LogP contribution in [0.5, 0.6) is 5.75 Å². The van der Waals surface area contributed by atoms with Crippen LogP contribution in [0.15, 0.2) is 48.7 Å². The van der Waals surface area contributed by atoms with Crippen LogP contribution in [0.2, 0.25) is 0 Å². The van der Waals surface area contributed by atoms with Crippen LogP contribution in [-0.4, -0.2) is 30.4 Å². The van der Waals surface area contributed by atoms with Gasteiger partial charge >= 0.3 is 6.16 Å². The van der Waals surface area contributed by atoms with Gasteiger partial charge in [-0.1, -0.05) is 18.2 Å². The molecule has 7 heteroatoms. The van der Waals surface area contributed by atoms with Gasteiger partial charge in [0.05, 0.1) is 16.6 Å². The standard InChI is InChI=1S/C26H24N4O3/c1-3-29-20-7-5-4-6-18(20)19-12-17(13-27-25(19)29)24-28-23-15(2)22(33-26(31)32)11-10-21(23)30(24)14-16-8-9-16/h4-7,10-13,16H,3,8-9,14H2,1-2H3,(H,31,32). The molecule has 1 aliphatic carbocycles. The molecule has 1 N–H and O–H groups in total. The highest BCUT2D eigenvalue weighted by Crippen LogP contribution is 2.38. The van der Waals surface area contributed by atoms with Crippen LogP contribution < -0.4 is 4.74 Å². The van der Waals surface area contributed by atoms with Crippen LogP contribution in [0.25, 0.3) is 44.4 Å². The fraction of sp³-hybridized carbons (Fsp3) is 0.269. The van der Waals surface area contributed by atoms with E-state index in [0.717, 1.165) is 52.1 Å². The van der Waals surface area contributed by atoms with Gasteiger partial charge in [0, 0.05) is 41.2 Å². The molecular formula is C26H24N4O3. The molecule has 0 bridgehead atoms. The van der Waals surface area contributed by atoms with Crippen molar-refractivity contribution in [1.82, 2.24) is 19.1 Å². The SMILES string of the molecule is CCn1c2ccccc2c2cc(-c3nc4c(C)c(OC(=O)O)ccc4n3CC3CC3)cnc21. The fourth-order valence-electron chi connectivity index (χ4n) is 4.84. The van der Waals surface area contributed by atoms with E-state index in [2.05, 4.69) is 46.4 Å². The molecule has 6 rings (SSSR count). The predicted octanol–water partition coefficient (Wildman–Crippen LogP) is 6.00. The minimum Gasteiger partial charge on any atom is -0.449 e. The van der Waals surface area contributed by atoms with E-state index in [4.69, 9.17) is 19.8 Å². The van der Waals surface area contributed by atoms with Crippen molar-refractivity contribution in [2.45, 2.75) is 39.8 Å². The van der Waals surface area contributed by atoms with Gasteiger partial charge in [-0.15, -0.1) is 0 Å². The Balaban J connectivity index is 1.59. The molecule has 3 aromatic heterocycles. The highest BCUT2D eigenvalue weighted by Gasteiger charge is 2.26. The number of nitrogens with zero attached hydrogens (tertiary/aromatic N) is 4. The minimum atomic E-state index is -1.32. The van der Waals surface area contributed by atoms with Crippen LogP contribution in [0, 0.1) is 12.8 Å². The number of aryl methyl sites for hydroxylation is 2. The summed E-state index contributed by atoms with van der Waals surface area (Å²) in [6.07, 6.45) is 3.03. The van der Waals surface area contributed by atoms with Gasteiger partial charge in [0.15, 0.2) is 0 Å². The Morgan fingerprint density at radius 1 is 1.12 bits per heavy atom. The van der Waals surface area contributed by atoms with Gasteiger partial charge in [-0.3, -0.25) is 0 Å². The Morgan fingerprint density at radius 2 is 1.94 bits per heavy atom. The third kappa shape index (κ3) is 3.15. The number of carbonyl (C=O) groups is 1. The lowest BCUT2D eigenvalue weighted by Gasteiger charge is -2.10. The van der Waals surface area contributed by atoms with E-state index >= 15 is 0 Å². The zero-order valence-corrected chi connectivity index (χ0v) is 18.6. The normalized spacial score (nSPS) is 13.9. The van der Waals surface area contributed by atoms with Gasteiger partial charge < -0.3 is 19.0 Å². The summed E-state index contributed by atoms with van der Waals surface area (Å²) in [5.41, 5.74) is 5.59. The van der Waals surface area contributed by atoms with E-state index < -0.39 is 6.16 Å². The maximum atomic E-state index is 11.1. The highest BCUT2D eigenvalue weighted by atomic mass is 16.7. The van der Waals surface area contributed by atoms with E-state index in [0.29, 0.717) is 11.7 Å². The second kappa shape index (κ2) is 7.33. The van der Waals surface area contributed by atoms with E-state index in [-0.39, 0.29) is 0 Å². The van der Waals surface area contributed by atoms with Crippen molar-refractivity contribution in [3.8, 4) is 17.1 Å². The molecule has 0 spiro atoms. The number of ether oxygens (including phenoxy) is 1. The van der Waals surface area contributed by atoms with Crippen molar-refractivity contribution >= 4 is 39.1 Å². The topological polar surface area (TPSA) is 82.2 Å². The van der Waals surface area contributed by atoms with E-state index in [1.54, 1.807) is 6.07 Å². The maximum absolute atomic E-state index is 11.1. The van der Waals surface area contributed by atoms with E-state index in [9.17, 15) is 4.79 Å². The molecule has 33 heavy (non-hydrogen) atoms. The summed E-state index contributed by atoms with van der Waals surface area (Å²) >= 11 is 0. The molecule has 7 nitrogen and oxygen atoms in total. The molecule has 5 aromatic rings. The molecule has 166 valence electrons. The van der Waals surface area contributed by atoms with Crippen LogP contribution in [-0.2, 0) is 13.1 Å². The maximum Gasteiger partial charge on any atom is 0.511 e. The van der Waals surface area contributed by atoms with Gasteiger partial charge in [-0.05, 0) is 56.9 Å². The molecule has 0 unspecified atom stereocenters. The molecule has 1 fully saturated rings. The van der Waals surface area contributed by atoms with Gasteiger partial charge in [-0.2, -0.15) is 0 Å². The second-order valence-corrected chi connectivity index (χ2v) is 8.77. The minimum absolute atomic E-state index is 0.317. The number of rotatable bonds is 5. The lowest BCUT2D eigenvalue weighted by Crippen LogP contribution is -2.05. The predicted molar refractivity (Wildman–Crippen MR) is 128 cm³/mol. The Hall–Kier alpha value is -3.87. The smallest absolute Gasteiger partial charge is 0.449 e. The van der Waals surface area contributed by atoms with Crippen molar-refractivity contribution in [1.29, 1.82) is 0 Å². The molecule has 1 aliphatic rings. The molecule has 1 saturated carbocycles. The van der Waals surface area contributed by atoms with Crippen LogP contribution in [0.4, 0.5) is 4.79 Å². The monoisotopic (exact) mass is 440 g/mol. The molecule has 0 amide bonds. The van der Waals surface area contributed by atoms with Crippen LogP contribution in [0.3, 0.4) is 0 Å². The number of imidazole rings is 1. The molecule has 2 aromatic carbocycles. The largest absolute Gasteiger partial charge is 0.511 e. The molecule has 0 saturated heterocycles. The summed E-state index contributed by atoms with van der Waals surface area (Å²) in [5.74, 6) is 1.82. The first-order valence-electron chi connectivity index (χ1n) is 11.3. The zero-order chi connectivity index (χ0) is 22.7. The van der Waals surface area contributed by atoms with Gasteiger partial charge in [-0.25, -0.2) is 14.8 Å². The number of para-hydroxylation sites is 1. The fourth-order valence-corrected chi connectivity index (χ4v) is 4.84. The lowest BCUT2D eigenvalue weighted by atomic mass is 10.1. The zero-order valence-electron chi connectivity index (χ0n) is 18.6. The third-order valence-corrected chi connectivity index (χ3v) is 6.64. The first kappa shape index (κ1) is 19.8. The van der Waals surface area contributed by atoms with Gasteiger partial charge in [0.1, 0.15) is 17.2 Å². The van der Waals surface area contributed by atoms with Crippen molar-refractivity contribution in [2.75, 3.05) is 0 Å². The molecule has 0 radical (unpaired) electrons. The number of pyridine rings is 1. The number of carboxylic acid groups (broad SMARTS) is 1. The van der Waals surface area contributed by atoms with Gasteiger partial charge in [0.25, 0.3) is 0 Å². The average Bonchev–Trinajstić information content (AvgIpc) is 3.47. The average molecular weight is 441 g/mol. The van der Waals surface area contributed by atoms with Crippen molar-refractivity contribution in [3.05, 3.63) is 54.2 Å². The van der Waals surface area contributed by atoms with Crippen molar-refractivity contribution in [3.63, 3.8) is 0 Å². The Labute approximate surface area is 190 Å². The van der Waals surface area contributed by atoms with Crippen molar-refractivity contribution in [2.24, 2.45) is 5.92 Å². The number of fused-ring (bicyclic) bond motifs is 4. The first-order valence-corrected chi connectivity index (χ1v) is 11.3. The van der Waals surface area contributed by atoms with E-state index in [1.807, 2.05) is 19.2 Å². The van der Waals surface area contributed by atoms with Crippen LogP contribution >= 0.6 is 0 Å². The quantitative estimate of drug-likeness (QED) is 0.268. The number of hydrogen-bond acceptors (Lipinski definition) is 4. The Kier molecular flexibility index (Phi) is 4.40. The number of hydrogen-bond donors (Lipinski definition) is 1. The summed E-state index contributed by atoms with van der Waals surface area (Å²) < 4.78 is 9.47. The number of benzene rings is 2. The first-order chi connectivity index (χ1) is 16.0. The summed E-state index contributed by atoms with van der Waals surface area (Å²) in [6, 6.07) is 14.2. The summed E-state index contributed by atoms with van der Waals surface area (Å²) in [4.78, 5) is 21.0. The summed E-state index contributed by atoms with van der Waals surface area (Å²) in [7, 11) is 0. The lowest BCUT2D eigenvalue weighted by molar-refractivity contribution is 0.144. The Morgan fingerprint density at radius 3 is 2.70 bits per heavy atom. The molecule has 0 aliphatic heterocycles. The Bertz CT molecular complexity index is 1560. The summed E-state index contributed by atoms with van der Waals surface area (Å²) in [6.45, 7) is 5.73. The number of aromatic nitrogens is 4. The third-order valence-electron chi connectivity index (χ3n) is 6.64. The molecular weight excluding hydrogens is 416 g/mol. The second-order valence-electron chi connectivity index (χ2n) is 8.77. The van der Waals surface area contributed by atoms with E-state index in [1.165, 1.54) is 23.7 Å². The van der Waals surface area contributed by atoms with Gasteiger partial charge in [0.2, 0.25) is 0 Å². The molecule has 0 atom stereocenters.